The van der Waals surface area contributed by atoms with E-state index in [0.717, 1.165) is 12.5 Å². The molecule has 1 aromatic rings. The molecule has 0 bridgehead atoms. The van der Waals surface area contributed by atoms with Crippen molar-refractivity contribution in [2.75, 3.05) is 31.6 Å². The fraction of sp³-hybridized carbons (Fsp3) is 0.625. The van der Waals surface area contributed by atoms with E-state index in [9.17, 15) is 0 Å². The van der Waals surface area contributed by atoms with Crippen LogP contribution in [0.4, 0.5) is 5.69 Å². The predicted octanol–water partition coefficient (Wildman–Crippen LogP) is 3.13. The van der Waals surface area contributed by atoms with Gasteiger partial charge in [-0.1, -0.05) is 6.07 Å². The van der Waals surface area contributed by atoms with E-state index in [2.05, 4.69) is 49.3 Å². The highest BCUT2D eigenvalue weighted by Crippen LogP contribution is 2.20. The summed E-state index contributed by atoms with van der Waals surface area (Å²) in [5.74, 6) is 0.868. The fourth-order valence-electron chi connectivity index (χ4n) is 2.64. The van der Waals surface area contributed by atoms with Crippen LogP contribution in [0.1, 0.15) is 30.4 Å². The minimum Gasteiger partial charge on any atom is -0.375 e. The summed E-state index contributed by atoms with van der Waals surface area (Å²) in [7, 11) is 2.21. The summed E-state index contributed by atoms with van der Waals surface area (Å²) >= 11 is 0. The van der Waals surface area contributed by atoms with Gasteiger partial charge in [0.2, 0.25) is 0 Å². The summed E-state index contributed by atoms with van der Waals surface area (Å²) in [6.07, 6.45) is 4.04. The van der Waals surface area contributed by atoms with Crippen molar-refractivity contribution < 1.29 is 0 Å². The Balaban J connectivity index is 1.86. The molecule has 0 radical (unpaired) electrons. The summed E-state index contributed by atoms with van der Waals surface area (Å²) in [4.78, 5) is 2.39. The van der Waals surface area contributed by atoms with Crippen molar-refractivity contribution in [3.8, 4) is 0 Å². The van der Waals surface area contributed by atoms with Crippen LogP contribution in [0, 0.1) is 19.8 Å². The Kier molecular flexibility index (Phi) is 4.65. The Morgan fingerprint density at radius 2 is 2.11 bits per heavy atom. The van der Waals surface area contributed by atoms with Crippen LogP contribution in [0.25, 0.3) is 0 Å². The van der Waals surface area contributed by atoms with Crippen LogP contribution in [0.5, 0.6) is 0 Å². The standard InChI is InChI=1S/C16H26N2/c1-13-6-7-16(11-14(13)2)18(3)10-8-15-5-4-9-17-12-15/h6-7,11,15,17H,4-5,8-10,12H2,1-3H3. The van der Waals surface area contributed by atoms with E-state index in [0.29, 0.717) is 0 Å². The average molecular weight is 246 g/mol. The second kappa shape index (κ2) is 6.24. The first kappa shape index (κ1) is 13.4. The van der Waals surface area contributed by atoms with Gasteiger partial charge in [-0.25, -0.2) is 0 Å². The Hall–Kier alpha value is -1.02. The highest BCUT2D eigenvalue weighted by Gasteiger charge is 2.13. The molecule has 0 aliphatic carbocycles. The number of anilines is 1. The van der Waals surface area contributed by atoms with Crippen LogP contribution in [0.15, 0.2) is 18.2 Å². The average Bonchev–Trinajstić information content (AvgIpc) is 2.40. The molecule has 1 aromatic carbocycles. The van der Waals surface area contributed by atoms with Crippen LogP contribution in [0.3, 0.4) is 0 Å². The van der Waals surface area contributed by atoms with Crippen LogP contribution in [0.2, 0.25) is 0 Å². The molecule has 0 saturated carbocycles. The van der Waals surface area contributed by atoms with Gasteiger partial charge in [-0.05, 0) is 75.4 Å². The summed E-state index contributed by atoms with van der Waals surface area (Å²) in [6, 6.07) is 6.76. The summed E-state index contributed by atoms with van der Waals surface area (Å²) in [6.45, 7) is 7.95. The van der Waals surface area contributed by atoms with Gasteiger partial charge in [-0.3, -0.25) is 0 Å². The lowest BCUT2D eigenvalue weighted by Gasteiger charge is -2.26. The number of aryl methyl sites for hydroxylation is 2. The first-order valence-electron chi connectivity index (χ1n) is 7.16. The van der Waals surface area contributed by atoms with Crippen LogP contribution < -0.4 is 10.2 Å². The lowest BCUT2D eigenvalue weighted by molar-refractivity contribution is 0.360. The maximum Gasteiger partial charge on any atom is 0.0366 e. The molecule has 2 rings (SSSR count). The molecule has 1 atom stereocenters. The van der Waals surface area contributed by atoms with Gasteiger partial charge in [0, 0.05) is 19.3 Å². The number of hydrogen-bond acceptors (Lipinski definition) is 2. The summed E-state index contributed by atoms with van der Waals surface area (Å²) in [5, 5.41) is 3.50. The van der Waals surface area contributed by atoms with Gasteiger partial charge >= 0.3 is 0 Å². The van der Waals surface area contributed by atoms with Crippen molar-refractivity contribution in [1.82, 2.24) is 5.32 Å². The maximum absolute atomic E-state index is 3.50. The van der Waals surface area contributed by atoms with E-state index in [1.165, 1.54) is 49.2 Å². The largest absolute Gasteiger partial charge is 0.375 e. The Bertz CT molecular complexity index is 381. The quantitative estimate of drug-likeness (QED) is 0.878. The lowest BCUT2D eigenvalue weighted by Crippen LogP contribution is -2.32. The number of rotatable bonds is 4. The maximum atomic E-state index is 3.50. The smallest absolute Gasteiger partial charge is 0.0366 e. The molecule has 2 nitrogen and oxygen atoms in total. The van der Waals surface area contributed by atoms with Crippen molar-refractivity contribution in [3.05, 3.63) is 29.3 Å². The van der Waals surface area contributed by atoms with Crippen LogP contribution in [-0.4, -0.2) is 26.7 Å². The second-order valence-corrected chi connectivity index (χ2v) is 5.69. The SMILES string of the molecule is Cc1ccc(N(C)CCC2CCCNC2)cc1C. The zero-order valence-corrected chi connectivity index (χ0v) is 12.0. The van der Waals surface area contributed by atoms with E-state index in [-0.39, 0.29) is 0 Å². The molecule has 1 saturated heterocycles. The molecule has 1 fully saturated rings. The fourth-order valence-corrected chi connectivity index (χ4v) is 2.64. The Morgan fingerprint density at radius 1 is 1.28 bits per heavy atom. The van der Waals surface area contributed by atoms with Gasteiger partial charge in [0.05, 0.1) is 0 Å². The Morgan fingerprint density at radius 3 is 2.78 bits per heavy atom. The van der Waals surface area contributed by atoms with Gasteiger partial charge in [-0.2, -0.15) is 0 Å². The molecule has 1 aliphatic rings. The van der Waals surface area contributed by atoms with Crippen molar-refractivity contribution in [2.24, 2.45) is 5.92 Å². The normalized spacial score (nSPS) is 19.8. The topological polar surface area (TPSA) is 15.3 Å². The second-order valence-electron chi connectivity index (χ2n) is 5.69. The summed E-state index contributed by atoms with van der Waals surface area (Å²) < 4.78 is 0. The van der Waals surface area contributed by atoms with E-state index in [1.54, 1.807) is 0 Å². The number of piperidine rings is 1. The number of benzene rings is 1. The molecule has 1 unspecified atom stereocenters. The van der Waals surface area contributed by atoms with Crippen molar-refractivity contribution in [2.45, 2.75) is 33.1 Å². The first-order chi connectivity index (χ1) is 8.66. The third-order valence-electron chi connectivity index (χ3n) is 4.20. The van der Waals surface area contributed by atoms with E-state index in [1.807, 2.05) is 0 Å². The molecule has 100 valence electrons. The highest BCUT2D eigenvalue weighted by atomic mass is 15.1. The number of hydrogen-bond donors (Lipinski definition) is 1. The number of nitrogens with one attached hydrogen (secondary N) is 1. The lowest BCUT2D eigenvalue weighted by atomic mass is 9.96. The molecule has 1 aliphatic heterocycles. The molecule has 18 heavy (non-hydrogen) atoms. The minimum absolute atomic E-state index is 0.868. The van der Waals surface area contributed by atoms with Gasteiger partial charge in [0.25, 0.3) is 0 Å². The van der Waals surface area contributed by atoms with Crippen LogP contribution >= 0.6 is 0 Å². The summed E-state index contributed by atoms with van der Waals surface area (Å²) in [5.41, 5.74) is 4.11. The van der Waals surface area contributed by atoms with Gasteiger partial charge in [0.15, 0.2) is 0 Å². The molecular formula is C16H26N2. The first-order valence-corrected chi connectivity index (χ1v) is 7.16. The van der Waals surface area contributed by atoms with Gasteiger partial charge < -0.3 is 10.2 Å². The molecule has 1 N–H and O–H groups in total. The van der Waals surface area contributed by atoms with E-state index >= 15 is 0 Å². The van der Waals surface area contributed by atoms with Crippen LogP contribution in [-0.2, 0) is 0 Å². The Labute approximate surface area is 111 Å². The van der Waals surface area contributed by atoms with E-state index in [4.69, 9.17) is 0 Å². The molecule has 0 amide bonds. The molecular weight excluding hydrogens is 220 g/mol. The van der Waals surface area contributed by atoms with Gasteiger partial charge in [-0.15, -0.1) is 0 Å². The zero-order valence-electron chi connectivity index (χ0n) is 12.0. The third kappa shape index (κ3) is 3.49. The molecule has 0 spiro atoms. The predicted molar refractivity (Wildman–Crippen MR) is 79.4 cm³/mol. The molecule has 0 aromatic heterocycles. The van der Waals surface area contributed by atoms with Crippen molar-refractivity contribution in [3.63, 3.8) is 0 Å². The highest BCUT2D eigenvalue weighted by molar-refractivity contribution is 5.49. The van der Waals surface area contributed by atoms with Crippen molar-refractivity contribution >= 4 is 5.69 Å². The third-order valence-corrected chi connectivity index (χ3v) is 4.20. The molecule has 1 heterocycles. The van der Waals surface area contributed by atoms with Crippen molar-refractivity contribution in [1.29, 1.82) is 0 Å². The monoisotopic (exact) mass is 246 g/mol. The zero-order chi connectivity index (χ0) is 13.0. The molecule has 2 heteroatoms. The van der Waals surface area contributed by atoms with Gasteiger partial charge in [0.1, 0.15) is 0 Å². The number of nitrogens with zero attached hydrogens (tertiary/aromatic N) is 1. The van der Waals surface area contributed by atoms with E-state index < -0.39 is 0 Å². The minimum atomic E-state index is 0.868.